The molecule has 0 saturated carbocycles. The van der Waals surface area contributed by atoms with E-state index in [-0.39, 0.29) is 11.8 Å². The molecule has 0 spiro atoms. The van der Waals surface area contributed by atoms with Gasteiger partial charge in [0.1, 0.15) is 18.0 Å². The highest BCUT2D eigenvalue weighted by Gasteiger charge is 2.30. The van der Waals surface area contributed by atoms with Crippen molar-refractivity contribution in [3.63, 3.8) is 0 Å². The summed E-state index contributed by atoms with van der Waals surface area (Å²) >= 11 is 0. The van der Waals surface area contributed by atoms with Gasteiger partial charge >= 0.3 is 0 Å². The molecule has 1 aliphatic rings. The Balaban J connectivity index is 2.35. The molecule has 2 heterocycles. The number of rotatable bonds is 2. The Bertz CT molecular complexity index is 477. The summed E-state index contributed by atoms with van der Waals surface area (Å²) < 4.78 is 0. The van der Waals surface area contributed by atoms with Gasteiger partial charge in [0.05, 0.1) is 6.20 Å². The Morgan fingerprint density at radius 1 is 1.69 bits per heavy atom. The number of anilines is 1. The smallest absolute Gasteiger partial charge is 0.228 e. The van der Waals surface area contributed by atoms with Gasteiger partial charge in [-0.1, -0.05) is 6.08 Å². The van der Waals surface area contributed by atoms with Gasteiger partial charge in [0.25, 0.3) is 0 Å². The summed E-state index contributed by atoms with van der Waals surface area (Å²) in [5.41, 5.74) is 0.320. The number of amides is 1. The first-order chi connectivity index (χ1) is 7.76. The van der Waals surface area contributed by atoms with Crippen LogP contribution in [0.25, 0.3) is 0 Å². The minimum atomic E-state index is -0.0277. The molecule has 1 unspecified atom stereocenters. The summed E-state index contributed by atoms with van der Waals surface area (Å²) in [5.74, 6) is 0.501. The molecule has 0 radical (unpaired) electrons. The lowest BCUT2D eigenvalue weighted by molar-refractivity contribution is -0.117. The van der Waals surface area contributed by atoms with Crippen molar-refractivity contribution in [3.8, 4) is 6.07 Å². The van der Waals surface area contributed by atoms with E-state index in [0.717, 1.165) is 0 Å². The number of aromatic nitrogens is 2. The quantitative estimate of drug-likeness (QED) is 0.685. The lowest BCUT2D eigenvalue weighted by Crippen LogP contribution is -2.26. The maximum Gasteiger partial charge on any atom is 0.228 e. The highest BCUT2D eigenvalue weighted by atomic mass is 16.2. The molecule has 16 heavy (non-hydrogen) atoms. The zero-order valence-electron chi connectivity index (χ0n) is 8.63. The van der Waals surface area contributed by atoms with Crippen LogP contribution in [0.2, 0.25) is 0 Å². The van der Waals surface area contributed by atoms with Gasteiger partial charge < -0.3 is 0 Å². The average molecular weight is 214 g/mol. The number of nitriles is 1. The normalized spacial score (nSPS) is 19.6. The van der Waals surface area contributed by atoms with Crippen LogP contribution >= 0.6 is 0 Å². The van der Waals surface area contributed by atoms with Gasteiger partial charge in [-0.2, -0.15) is 5.26 Å². The van der Waals surface area contributed by atoms with Crippen LogP contribution in [0.1, 0.15) is 12.0 Å². The number of carbonyl (C=O) groups excluding carboxylic acids is 1. The highest BCUT2D eigenvalue weighted by molar-refractivity contribution is 5.96. The van der Waals surface area contributed by atoms with Gasteiger partial charge in [-0.25, -0.2) is 9.97 Å². The van der Waals surface area contributed by atoms with Crippen molar-refractivity contribution in [3.05, 3.63) is 30.7 Å². The predicted octanol–water partition coefficient (Wildman–Crippen LogP) is 0.887. The van der Waals surface area contributed by atoms with Crippen LogP contribution in [0.3, 0.4) is 0 Å². The molecule has 5 heteroatoms. The first-order valence-corrected chi connectivity index (χ1v) is 4.89. The van der Waals surface area contributed by atoms with E-state index in [1.165, 1.54) is 17.4 Å². The summed E-state index contributed by atoms with van der Waals surface area (Å²) in [7, 11) is 0. The minimum absolute atomic E-state index is 0.0277. The Hall–Kier alpha value is -2.22. The third-order valence-corrected chi connectivity index (χ3v) is 2.56. The fourth-order valence-corrected chi connectivity index (χ4v) is 1.71. The van der Waals surface area contributed by atoms with Gasteiger partial charge in [0, 0.05) is 18.9 Å². The molecule has 0 N–H and O–H groups in total. The SMILES string of the molecule is C=CC1CC(=O)N(c2ncncc2C#N)C1. The number of hydrogen-bond donors (Lipinski definition) is 0. The molecule has 0 bridgehead atoms. The molecule has 1 aromatic rings. The maximum absolute atomic E-state index is 11.7. The van der Waals surface area contributed by atoms with Crippen LogP contribution in [0.4, 0.5) is 5.82 Å². The fourth-order valence-electron chi connectivity index (χ4n) is 1.71. The summed E-state index contributed by atoms with van der Waals surface area (Å²) in [4.78, 5) is 21.0. The van der Waals surface area contributed by atoms with Crippen molar-refractivity contribution in [1.29, 1.82) is 5.26 Å². The highest BCUT2D eigenvalue weighted by Crippen LogP contribution is 2.25. The second-order valence-corrected chi connectivity index (χ2v) is 3.58. The second-order valence-electron chi connectivity index (χ2n) is 3.58. The molecule has 1 saturated heterocycles. The van der Waals surface area contributed by atoms with E-state index in [1.54, 1.807) is 6.08 Å². The standard InChI is InChI=1S/C11H10N4O/c1-2-8-3-10(16)15(6-8)11-9(4-12)5-13-7-14-11/h2,5,7-8H,1,3,6H2. The minimum Gasteiger partial charge on any atom is -0.295 e. The fraction of sp³-hybridized carbons (Fsp3) is 0.273. The van der Waals surface area contributed by atoms with Crippen LogP contribution < -0.4 is 4.90 Å². The first kappa shape index (κ1) is 10.3. The van der Waals surface area contributed by atoms with Gasteiger partial charge in [-0.15, -0.1) is 6.58 Å². The number of carbonyl (C=O) groups is 1. The van der Waals surface area contributed by atoms with Crippen LogP contribution in [-0.4, -0.2) is 22.4 Å². The van der Waals surface area contributed by atoms with Crippen LogP contribution in [-0.2, 0) is 4.79 Å². The van der Waals surface area contributed by atoms with E-state index < -0.39 is 0 Å². The van der Waals surface area contributed by atoms with Crippen LogP contribution in [0, 0.1) is 17.2 Å². The number of nitrogens with zero attached hydrogens (tertiary/aromatic N) is 4. The molecule has 5 nitrogen and oxygen atoms in total. The molecule has 80 valence electrons. The van der Waals surface area contributed by atoms with Crippen LogP contribution in [0.5, 0.6) is 0 Å². The Kier molecular flexibility index (Phi) is 2.64. The van der Waals surface area contributed by atoms with Crippen molar-refractivity contribution < 1.29 is 4.79 Å². The van der Waals surface area contributed by atoms with E-state index in [1.807, 2.05) is 6.07 Å². The lowest BCUT2D eigenvalue weighted by atomic mass is 10.1. The topological polar surface area (TPSA) is 69.9 Å². The zero-order valence-corrected chi connectivity index (χ0v) is 8.63. The van der Waals surface area contributed by atoms with Gasteiger partial charge in [-0.05, 0) is 0 Å². The molecular formula is C11H10N4O. The van der Waals surface area contributed by atoms with Crippen molar-refractivity contribution >= 4 is 11.7 Å². The molecule has 1 atom stereocenters. The van der Waals surface area contributed by atoms with Crippen molar-refractivity contribution in [1.82, 2.24) is 9.97 Å². The van der Waals surface area contributed by atoms with E-state index in [9.17, 15) is 4.79 Å². The molecule has 2 rings (SSSR count). The van der Waals surface area contributed by atoms with E-state index in [4.69, 9.17) is 5.26 Å². The summed E-state index contributed by atoms with van der Waals surface area (Å²) in [6, 6.07) is 1.98. The molecular weight excluding hydrogens is 204 g/mol. The molecule has 1 amide bonds. The molecule has 1 aliphatic heterocycles. The van der Waals surface area contributed by atoms with E-state index >= 15 is 0 Å². The van der Waals surface area contributed by atoms with Gasteiger partial charge in [0.2, 0.25) is 5.91 Å². The maximum atomic E-state index is 11.7. The molecule has 1 aromatic heterocycles. The van der Waals surface area contributed by atoms with Crippen LogP contribution in [0.15, 0.2) is 25.2 Å². The summed E-state index contributed by atoms with van der Waals surface area (Å²) in [5, 5.41) is 8.90. The Morgan fingerprint density at radius 3 is 3.12 bits per heavy atom. The molecule has 1 fully saturated rings. The Morgan fingerprint density at radius 2 is 2.50 bits per heavy atom. The van der Waals surface area contributed by atoms with Gasteiger partial charge in [-0.3, -0.25) is 9.69 Å². The van der Waals surface area contributed by atoms with Crippen molar-refractivity contribution in [2.45, 2.75) is 6.42 Å². The third-order valence-electron chi connectivity index (χ3n) is 2.56. The second kappa shape index (κ2) is 4.11. The summed E-state index contributed by atoms with van der Waals surface area (Å²) in [6.07, 6.45) is 4.94. The monoisotopic (exact) mass is 214 g/mol. The molecule has 0 aliphatic carbocycles. The summed E-state index contributed by atoms with van der Waals surface area (Å²) in [6.45, 7) is 4.21. The first-order valence-electron chi connectivity index (χ1n) is 4.89. The van der Waals surface area contributed by atoms with Crippen molar-refractivity contribution in [2.75, 3.05) is 11.4 Å². The predicted molar refractivity (Wildman–Crippen MR) is 57.4 cm³/mol. The van der Waals surface area contributed by atoms with E-state index in [0.29, 0.717) is 24.3 Å². The lowest BCUT2D eigenvalue weighted by Gasteiger charge is -2.15. The zero-order chi connectivity index (χ0) is 11.5. The third kappa shape index (κ3) is 1.65. The number of hydrogen-bond acceptors (Lipinski definition) is 4. The average Bonchev–Trinajstić information content (AvgIpc) is 2.70. The largest absolute Gasteiger partial charge is 0.295 e. The molecule has 0 aromatic carbocycles. The van der Waals surface area contributed by atoms with Crippen molar-refractivity contribution in [2.24, 2.45) is 5.92 Å². The Labute approximate surface area is 93.0 Å². The van der Waals surface area contributed by atoms with Gasteiger partial charge in [0.15, 0.2) is 5.82 Å². The van der Waals surface area contributed by atoms with E-state index in [2.05, 4.69) is 16.5 Å².